The molecule has 1 N–H and O–H groups in total. The van der Waals surface area contributed by atoms with Crippen molar-refractivity contribution in [3.05, 3.63) is 62.4 Å². The molecule has 2 aromatic rings. The van der Waals surface area contributed by atoms with Crippen LogP contribution < -0.4 is 5.32 Å². The molecule has 98 valence electrons. The highest BCUT2D eigenvalue weighted by atomic mass is 35.5. The van der Waals surface area contributed by atoms with E-state index in [4.69, 9.17) is 23.2 Å². The lowest BCUT2D eigenvalue weighted by Gasteiger charge is -2.08. The number of rotatable bonds is 4. The molecule has 0 radical (unpaired) electrons. The maximum atomic E-state index is 11.0. The molecule has 1 aromatic heterocycles. The van der Waals surface area contributed by atoms with Gasteiger partial charge in [-0.05, 0) is 5.56 Å². The molecule has 0 saturated carbocycles. The van der Waals surface area contributed by atoms with Crippen molar-refractivity contribution in [2.75, 3.05) is 5.32 Å². The van der Waals surface area contributed by atoms with Crippen LogP contribution in [0.1, 0.15) is 5.56 Å². The molecule has 0 amide bonds. The van der Waals surface area contributed by atoms with Crippen molar-refractivity contribution in [1.29, 1.82) is 0 Å². The number of halogens is 2. The molecule has 2 rings (SSSR count). The summed E-state index contributed by atoms with van der Waals surface area (Å²) in [4.78, 5) is 14.0. The molecule has 0 spiro atoms. The van der Waals surface area contributed by atoms with Crippen LogP contribution in [-0.2, 0) is 6.54 Å². The first-order chi connectivity index (χ1) is 9.08. The molecule has 0 fully saturated rings. The molecule has 1 heterocycles. The topological polar surface area (TPSA) is 68.1 Å². The first-order valence-corrected chi connectivity index (χ1v) is 6.12. The molecule has 0 aliphatic heterocycles. The van der Waals surface area contributed by atoms with Gasteiger partial charge < -0.3 is 5.32 Å². The van der Waals surface area contributed by atoms with Crippen molar-refractivity contribution in [1.82, 2.24) is 4.98 Å². The number of pyridine rings is 1. The van der Waals surface area contributed by atoms with Crippen LogP contribution in [0.25, 0.3) is 0 Å². The Morgan fingerprint density at radius 3 is 2.58 bits per heavy atom. The SMILES string of the molecule is O=[N+]([O-])c1c(NCc2ccccc2)cc(Cl)nc1Cl. The summed E-state index contributed by atoms with van der Waals surface area (Å²) in [6, 6.07) is 10.9. The van der Waals surface area contributed by atoms with Gasteiger partial charge in [0.25, 0.3) is 0 Å². The van der Waals surface area contributed by atoms with E-state index in [1.165, 1.54) is 6.07 Å². The van der Waals surface area contributed by atoms with Crippen molar-refractivity contribution in [3.63, 3.8) is 0 Å². The Kier molecular flexibility index (Phi) is 4.19. The molecule has 19 heavy (non-hydrogen) atoms. The number of aromatic nitrogens is 1. The normalized spacial score (nSPS) is 10.2. The fourth-order valence-electron chi connectivity index (χ4n) is 1.58. The van der Waals surface area contributed by atoms with Gasteiger partial charge in [0.05, 0.1) is 4.92 Å². The zero-order valence-electron chi connectivity index (χ0n) is 9.64. The van der Waals surface area contributed by atoms with Crippen LogP contribution in [-0.4, -0.2) is 9.91 Å². The minimum absolute atomic E-state index is 0.103. The van der Waals surface area contributed by atoms with Gasteiger partial charge in [-0.3, -0.25) is 10.1 Å². The third-order valence-corrected chi connectivity index (χ3v) is 2.88. The third-order valence-electron chi connectivity index (χ3n) is 2.43. The van der Waals surface area contributed by atoms with Gasteiger partial charge in [-0.2, -0.15) is 0 Å². The first kappa shape index (κ1) is 13.6. The lowest BCUT2D eigenvalue weighted by atomic mass is 10.2. The van der Waals surface area contributed by atoms with Gasteiger partial charge in [-0.25, -0.2) is 4.98 Å². The average molecular weight is 298 g/mol. The van der Waals surface area contributed by atoms with E-state index < -0.39 is 4.92 Å². The van der Waals surface area contributed by atoms with Crippen molar-refractivity contribution >= 4 is 34.6 Å². The number of nitrogens with zero attached hydrogens (tertiary/aromatic N) is 2. The van der Waals surface area contributed by atoms with E-state index in [0.717, 1.165) is 5.56 Å². The zero-order chi connectivity index (χ0) is 13.8. The number of nitro groups is 1. The highest BCUT2D eigenvalue weighted by Gasteiger charge is 2.21. The summed E-state index contributed by atoms with van der Waals surface area (Å²) < 4.78 is 0. The van der Waals surface area contributed by atoms with Crippen LogP contribution >= 0.6 is 23.2 Å². The van der Waals surface area contributed by atoms with E-state index in [0.29, 0.717) is 6.54 Å². The fraction of sp³-hybridized carbons (Fsp3) is 0.0833. The van der Waals surface area contributed by atoms with E-state index in [1.807, 2.05) is 30.3 Å². The van der Waals surface area contributed by atoms with Gasteiger partial charge in [0.2, 0.25) is 5.15 Å². The first-order valence-electron chi connectivity index (χ1n) is 5.36. The van der Waals surface area contributed by atoms with Gasteiger partial charge in [-0.15, -0.1) is 0 Å². The van der Waals surface area contributed by atoms with Crippen LogP contribution in [0.5, 0.6) is 0 Å². The fourth-order valence-corrected chi connectivity index (χ4v) is 2.08. The summed E-state index contributed by atoms with van der Waals surface area (Å²) >= 11 is 11.5. The van der Waals surface area contributed by atoms with Crippen molar-refractivity contribution in [3.8, 4) is 0 Å². The van der Waals surface area contributed by atoms with E-state index in [2.05, 4.69) is 10.3 Å². The summed E-state index contributed by atoms with van der Waals surface area (Å²) in [6.45, 7) is 0.429. The maximum absolute atomic E-state index is 11.0. The Bertz CT molecular complexity index is 605. The quantitative estimate of drug-likeness (QED) is 0.528. The van der Waals surface area contributed by atoms with Gasteiger partial charge in [0.15, 0.2) is 0 Å². The van der Waals surface area contributed by atoms with E-state index in [-0.39, 0.29) is 21.7 Å². The Labute approximate surface area is 119 Å². The van der Waals surface area contributed by atoms with Gasteiger partial charge in [0, 0.05) is 12.6 Å². The molecular formula is C12H9Cl2N3O2. The monoisotopic (exact) mass is 297 g/mol. The summed E-state index contributed by atoms with van der Waals surface area (Å²) in [7, 11) is 0. The molecular weight excluding hydrogens is 289 g/mol. The van der Waals surface area contributed by atoms with Crippen LogP contribution in [0.4, 0.5) is 11.4 Å². The number of hydrogen-bond acceptors (Lipinski definition) is 4. The molecule has 0 atom stereocenters. The smallest absolute Gasteiger partial charge is 0.329 e. The predicted octanol–water partition coefficient (Wildman–Crippen LogP) is 3.91. The van der Waals surface area contributed by atoms with E-state index in [1.54, 1.807) is 0 Å². The largest absolute Gasteiger partial charge is 0.375 e. The van der Waals surface area contributed by atoms with Gasteiger partial charge in [0.1, 0.15) is 10.8 Å². The molecule has 7 heteroatoms. The summed E-state index contributed by atoms with van der Waals surface area (Å²) in [5.41, 5.74) is 0.960. The lowest BCUT2D eigenvalue weighted by Crippen LogP contribution is -2.04. The summed E-state index contributed by atoms with van der Waals surface area (Å²) in [5, 5.41) is 13.8. The van der Waals surface area contributed by atoms with Crippen molar-refractivity contribution in [2.24, 2.45) is 0 Å². The minimum atomic E-state index is -0.584. The standard InChI is InChI=1S/C12H9Cl2N3O2/c13-10-6-9(11(17(18)19)12(14)16-10)15-7-8-4-2-1-3-5-8/h1-6H,7H2,(H,15,16). The van der Waals surface area contributed by atoms with Crippen LogP contribution in [0, 0.1) is 10.1 Å². The molecule has 0 bridgehead atoms. The number of anilines is 1. The Balaban J connectivity index is 2.27. The van der Waals surface area contributed by atoms with E-state index in [9.17, 15) is 10.1 Å². The Morgan fingerprint density at radius 2 is 1.95 bits per heavy atom. The Hall–Kier alpha value is -1.85. The van der Waals surface area contributed by atoms with Gasteiger partial charge >= 0.3 is 5.69 Å². The maximum Gasteiger partial charge on any atom is 0.329 e. The number of nitrogens with one attached hydrogen (secondary N) is 1. The van der Waals surface area contributed by atoms with Crippen LogP contribution in [0.3, 0.4) is 0 Å². The molecule has 5 nitrogen and oxygen atoms in total. The molecule has 0 aliphatic rings. The lowest BCUT2D eigenvalue weighted by molar-refractivity contribution is -0.384. The third kappa shape index (κ3) is 3.33. The average Bonchev–Trinajstić information content (AvgIpc) is 2.36. The van der Waals surface area contributed by atoms with Gasteiger partial charge in [-0.1, -0.05) is 53.5 Å². The van der Waals surface area contributed by atoms with Crippen LogP contribution in [0.15, 0.2) is 36.4 Å². The molecule has 0 saturated heterocycles. The second-order valence-electron chi connectivity index (χ2n) is 3.73. The second-order valence-corrected chi connectivity index (χ2v) is 4.47. The highest BCUT2D eigenvalue weighted by molar-refractivity contribution is 6.34. The van der Waals surface area contributed by atoms with Crippen molar-refractivity contribution in [2.45, 2.75) is 6.54 Å². The minimum Gasteiger partial charge on any atom is -0.375 e. The summed E-state index contributed by atoms with van der Waals surface area (Å²) in [5.74, 6) is 0. The number of benzene rings is 1. The van der Waals surface area contributed by atoms with E-state index >= 15 is 0 Å². The molecule has 1 aromatic carbocycles. The highest BCUT2D eigenvalue weighted by Crippen LogP contribution is 2.33. The molecule has 0 aliphatic carbocycles. The number of hydrogen-bond donors (Lipinski definition) is 1. The Morgan fingerprint density at radius 1 is 1.26 bits per heavy atom. The van der Waals surface area contributed by atoms with Crippen LogP contribution in [0.2, 0.25) is 10.3 Å². The van der Waals surface area contributed by atoms with Crippen molar-refractivity contribution < 1.29 is 4.92 Å². The zero-order valence-corrected chi connectivity index (χ0v) is 11.1. The predicted molar refractivity (Wildman–Crippen MR) is 74.7 cm³/mol. The molecule has 0 unspecified atom stereocenters. The second kappa shape index (κ2) is 5.86. The summed E-state index contributed by atoms with van der Waals surface area (Å²) in [6.07, 6.45) is 0.